The fourth-order valence-electron chi connectivity index (χ4n) is 2.14. The molecule has 2 aliphatic heterocycles. The highest BCUT2D eigenvalue weighted by molar-refractivity contribution is 8.06. The molecule has 25 heavy (non-hydrogen) atoms. The Bertz CT molecular complexity index is 662. The Hall–Kier alpha value is -1.63. The minimum Gasteiger partial charge on any atom is -0.427 e. The molecule has 0 bridgehead atoms. The van der Waals surface area contributed by atoms with Crippen molar-refractivity contribution in [3.63, 3.8) is 0 Å². The number of β-lactam (4-membered cyclic amide) rings is 1. The van der Waals surface area contributed by atoms with Crippen LogP contribution in [0.4, 0.5) is 0 Å². The minimum atomic E-state index is -0.730. The maximum atomic E-state index is 12.5. The number of esters is 2. The number of thioether (sulfide) groups is 2. The number of terminal acetylenes is 1. The third-order valence-electron chi connectivity index (χ3n) is 3.49. The number of hydrogen-bond acceptors (Lipinski definition) is 8. The molecule has 2 heterocycles. The lowest BCUT2D eigenvalue weighted by atomic mass is 9.98. The van der Waals surface area contributed by atoms with E-state index in [-0.39, 0.29) is 17.0 Å². The first-order valence-electron chi connectivity index (χ1n) is 7.52. The maximum Gasteiger partial charge on any atom is 0.358 e. The van der Waals surface area contributed by atoms with Crippen LogP contribution in [0.15, 0.2) is 10.6 Å². The van der Waals surface area contributed by atoms with Gasteiger partial charge in [-0.15, -0.1) is 29.9 Å². The molecule has 2 rings (SSSR count). The Morgan fingerprint density at radius 2 is 2.12 bits per heavy atom. The molecule has 0 aromatic carbocycles. The largest absolute Gasteiger partial charge is 0.427 e. The van der Waals surface area contributed by atoms with E-state index in [1.165, 1.54) is 28.4 Å². The molecule has 0 saturated carbocycles. The summed E-state index contributed by atoms with van der Waals surface area (Å²) in [5.74, 6) is 1.80. The number of rotatable bonds is 5. The number of carbonyl (C=O) groups excluding carboxylic acids is 3. The first-order chi connectivity index (χ1) is 11.7. The van der Waals surface area contributed by atoms with E-state index in [9.17, 15) is 14.4 Å². The third kappa shape index (κ3) is 4.14. The second-order valence-corrected chi connectivity index (χ2v) is 8.61. The van der Waals surface area contributed by atoms with E-state index >= 15 is 0 Å². The van der Waals surface area contributed by atoms with Crippen LogP contribution in [0.1, 0.15) is 20.8 Å². The summed E-state index contributed by atoms with van der Waals surface area (Å²) in [5, 5.41) is -0.289. The molecule has 0 unspecified atom stereocenters. The summed E-state index contributed by atoms with van der Waals surface area (Å²) in [6, 6.07) is -0.634. The van der Waals surface area contributed by atoms with Crippen molar-refractivity contribution in [1.82, 2.24) is 4.90 Å². The average Bonchev–Trinajstić information content (AvgIpc) is 2.57. The number of ether oxygens (including phenoxy) is 2. The molecular weight excluding hydrogens is 364 g/mol. The van der Waals surface area contributed by atoms with Crippen molar-refractivity contribution in [2.75, 3.05) is 18.3 Å². The molecule has 2 aliphatic rings. The van der Waals surface area contributed by atoms with Crippen LogP contribution in [-0.2, 0) is 23.9 Å². The molecule has 0 radical (unpaired) electrons. The van der Waals surface area contributed by atoms with Crippen molar-refractivity contribution >= 4 is 41.4 Å². The summed E-state index contributed by atoms with van der Waals surface area (Å²) >= 11 is 2.78. The second-order valence-electron chi connectivity index (χ2n) is 6.43. The van der Waals surface area contributed by atoms with Crippen LogP contribution < -0.4 is 5.73 Å². The summed E-state index contributed by atoms with van der Waals surface area (Å²) < 4.78 is 9.98. The van der Waals surface area contributed by atoms with Crippen LogP contribution >= 0.6 is 23.5 Å². The van der Waals surface area contributed by atoms with Gasteiger partial charge in [0.05, 0.1) is 11.2 Å². The zero-order chi connectivity index (χ0) is 18.8. The van der Waals surface area contributed by atoms with Crippen LogP contribution in [0.3, 0.4) is 0 Å². The Balaban J connectivity index is 2.09. The van der Waals surface area contributed by atoms with Gasteiger partial charge < -0.3 is 15.2 Å². The predicted molar refractivity (Wildman–Crippen MR) is 95.9 cm³/mol. The Labute approximate surface area is 155 Å². The van der Waals surface area contributed by atoms with Gasteiger partial charge in [-0.25, -0.2) is 4.79 Å². The van der Waals surface area contributed by atoms with Gasteiger partial charge in [-0.1, -0.05) is 5.92 Å². The predicted octanol–water partition coefficient (Wildman–Crippen LogP) is 0.897. The van der Waals surface area contributed by atoms with Crippen LogP contribution in [-0.4, -0.2) is 52.5 Å². The number of fused-ring (bicyclic) bond motifs is 1. The van der Waals surface area contributed by atoms with Crippen molar-refractivity contribution < 1.29 is 23.9 Å². The van der Waals surface area contributed by atoms with E-state index in [2.05, 4.69) is 5.92 Å². The first kappa shape index (κ1) is 19.7. The van der Waals surface area contributed by atoms with Gasteiger partial charge in [-0.3, -0.25) is 14.5 Å². The van der Waals surface area contributed by atoms with Gasteiger partial charge in [0.25, 0.3) is 0 Å². The lowest BCUT2D eigenvalue weighted by Gasteiger charge is -2.48. The molecule has 1 fully saturated rings. The van der Waals surface area contributed by atoms with E-state index < -0.39 is 30.2 Å². The van der Waals surface area contributed by atoms with Crippen LogP contribution in [0.2, 0.25) is 0 Å². The zero-order valence-corrected chi connectivity index (χ0v) is 15.9. The van der Waals surface area contributed by atoms with Gasteiger partial charge >= 0.3 is 11.9 Å². The third-order valence-corrected chi connectivity index (χ3v) is 5.97. The number of nitrogens with zero attached hydrogens (tertiary/aromatic N) is 1. The number of hydrogen-bond donors (Lipinski definition) is 1. The Kier molecular flexibility index (Phi) is 6.08. The topological polar surface area (TPSA) is 98.9 Å². The molecule has 136 valence electrons. The summed E-state index contributed by atoms with van der Waals surface area (Å²) in [6.45, 7) is 4.56. The van der Waals surface area contributed by atoms with Crippen molar-refractivity contribution in [3.8, 4) is 12.3 Å². The highest BCUT2D eigenvalue weighted by Crippen LogP contribution is 2.42. The molecule has 9 heteroatoms. The van der Waals surface area contributed by atoms with Gasteiger partial charge in [0.1, 0.15) is 17.1 Å². The molecule has 2 N–H and O–H groups in total. The van der Waals surface area contributed by atoms with E-state index in [0.29, 0.717) is 16.4 Å². The van der Waals surface area contributed by atoms with Gasteiger partial charge in [-0.05, 0) is 20.8 Å². The molecule has 0 aromatic rings. The lowest BCUT2D eigenvalue weighted by Crippen LogP contribution is -2.68. The highest BCUT2D eigenvalue weighted by atomic mass is 32.2. The lowest BCUT2D eigenvalue weighted by molar-refractivity contribution is -0.173. The summed E-state index contributed by atoms with van der Waals surface area (Å²) in [6.07, 6.45) is 5.27. The number of carbonyl (C=O) groups is 3. The zero-order valence-electron chi connectivity index (χ0n) is 14.2. The van der Waals surface area contributed by atoms with Crippen LogP contribution in [0.5, 0.6) is 0 Å². The monoisotopic (exact) mass is 384 g/mol. The SMILES string of the molecule is C#CCSC1=C(C(=O)OCOC(=O)C(C)(C)C)N2C(=O)[C@@H](N)[C@H]2SC1. The van der Waals surface area contributed by atoms with E-state index in [0.717, 1.165) is 0 Å². The molecule has 7 nitrogen and oxygen atoms in total. The van der Waals surface area contributed by atoms with Gasteiger partial charge in [0.15, 0.2) is 0 Å². The average molecular weight is 384 g/mol. The van der Waals surface area contributed by atoms with Crippen molar-refractivity contribution in [3.05, 3.63) is 10.6 Å². The van der Waals surface area contributed by atoms with E-state index in [1.807, 2.05) is 0 Å². The second kappa shape index (κ2) is 7.72. The van der Waals surface area contributed by atoms with Crippen molar-refractivity contribution in [2.45, 2.75) is 32.2 Å². The van der Waals surface area contributed by atoms with Gasteiger partial charge in [0.2, 0.25) is 12.7 Å². The fourth-order valence-corrected chi connectivity index (χ4v) is 4.39. The summed E-state index contributed by atoms with van der Waals surface area (Å²) in [4.78, 5) is 38.2. The molecule has 2 atom stereocenters. The van der Waals surface area contributed by atoms with Gasteiger partial charge in [-0.2, -0.15) is 0 Å². The summed E-state index contributed by atoms with van der Waals surface area (Å²) in [5.41, 5.74) is 5.22. The number of amides is 1. The molecule has 1 saturated heterocycles. The first-order valence-corrected chi connectivity index (χ1v) is 9.56. The Morgan fingerprint density at radius 1 is 1.44 bits per heavy atom. The van der Waals surface area contributed by atoms with E-state index in [1.54, 1.807) is 20.8 Å². The maximum absolute atomic E-state index is 12.5. The fraction of sp³-hybridized carbons (Fsp3) is 0.562. The molecule has 0 aliphatic carbocycles. The van der Waals surface area contributed by atoms with Gasteiger partial charge in [0, 0.05) is 10.7 Å². The van der Waals surface area contributed by atoms with E-state index in [4.69, 9.17) is 21.6 Å². The molecule has 0 aromatic heterocycles. The number of nitrogens with two attached hydrogens (primary N) is 1. The standard InChI is InChI=1S/C16H20N2O5S2/c1-5-6-24-9-7-25-13-10(17)12(19)18(13)11(9)14(20)22-8-23-15(21)16(2,3)4/h1,10,13H,6-8,17H2,2-4H3/t10-,13-/m1/s1. The summed E-state index contributed by atoms with van der Waals surface area (Å²) in [7, 11) is 0. The quantitative estimate of drug-likeness (QED) is 0.323. The smallest absolute Gasteiger partial charge is 0.358 e. The molecule has 1 amide bonds. The normalized spacial score (nSPS) is 22.7. The highest BCUT2D eigenvalue weighted by Gasteiger charge is 2.52. The Morgan fingerprint density at radius 3 is 2.72 bits per heavy atom. The van der Waals surface area contributed by atoms with Crippen molar-refractivity contribution in [2.24, 2.45) is 11.1 Å². The van der Waals surface area contributed by atoms with Crippen molar-refractivity contribution in [1.29, 1.82) is 0 Å². The molecule has 0 spiro atoms. The van der Waals surface area contributed by atoms with Crippen LogP contribution in [0, 0.1) is 17.8 Å². The minimum absolute atomic E-state index is 0.141. The van der Waals surface area contributed by atoms with Crippen LogP contribution in [0.25, 0.3) is 0 Å². The molecular formula is C16H20N2O5S2.